The molecule has 2 unspecified atom stereocenters. The molecule has 20 heavy (non-hydrogen) atoms. The fourth-order valence-corrected chi connectivity index (χ4v) is 2.92. The number of carbonyl (C=O) groups excluding carboxylic acids is 1. The number of hydrogen-bond donors (Lipinski definition) is 1. The minimum atomic E-state index is 0.224. The molecule has 0 saturated heterocycles. The van der Waals surface area contributed by atoms with Gasteiger partial charge in [0, 0.05) is 32.1 Å². The summed E-state index contributed by atoms with van der Waals surface area (Å²) in [6.45, 7) is 6.94. The van der Waals surface area contributed by atoms with E-state index in [9.17, 15) is 4.79 Å². The van der Waals surface area contributed by atoms with Crippen LogP contribution in [-0.2, 0) is 4.79 Å². The highest BCUT2D eigenvalue weighted by atomic mass is 16.2. The highest BCUT2D eigenvalue weighted by Gasteiger charge is 2.26. The van der Waals surface area contributed by atoms with E-state index in [1.165, 1.54) is 12.8 Å². The third-order valence-corrected chi connectivity index (χ3v) is 4.16. The highest BCUT2D eigenvalue weighted by Crippen LogP contribution is 2.26. The first-order valence-electron chi connectivity index (χ1n) is 8.08. The number of nitrogens with two attached hydrogens (primary N) is 1. The third kappa shape index (κ3) is 6.23. The fraction of sp³-hybridized carbons (Fsp3) is 0.938. The molecule has 1 aliphatic rings. The van der Waals surface area contributed by atoms with E-state index in [0.29, 0.717) is 24.2 Å². The van der Waals surface area contributed by atoms with Gasteiger partial charge in [0.05, 0.1) is 0 Å². The van der Waals surface area contributed by atoms with Crippen LogP contribution in [0.25, 0.3) is 0 Å². The number of likely N-dealkylation sites (N-methyl/N-ethyl adjacent to an activating group) is 1. The first-order chi connectivity index (χ1) is 9.40. The van der Waals surface area contributed by atoms with Gasteiger partial charge in [-0.15, -0.1) is 0 Å². The number of hydrogen-bond acceptors (Lipinski definition) is 3. The Morgan fingerprint density at radius 1 is 1.20 bits per heavy atom. The normalized spacial score (nSPS) is 23.4. The molecule has 118 valence electrons. The van der Waals surface area contributed by atoms with Gasteiger partial charge in [0.1, 0.15) is 0 Å². The van der Waals surface area contributed by atoms with Gasteiger partial charge in [0.2, 0.25) is 5.91 Å². The molecule has 0 aromatic rings. The molecule has 4 heteroatoms. The molecule has 0 bridgehead atoms. The number of rotatable bonds is 7. The standard InChI is InChI=1S/C16H33N3O/c1-13(2)12-19(10-9-18(3)4)16(20)11-14-7-5-6-8-15(14)17/h13-15H,5-12,17H2,1-4H3. The maximum atomic E-state index is 12.6. The van der Waals surface area contributed by atoms with Crippen molar-refractivity contribution in [2.45, 2.75) is 52.0 Å². The van der Waals surface area contributed by atoms with Crippen molar-refractivity contribution in [1.29, 1.82) is 0 Å². The first kappa shape index (κ1) is 17.4. The van der Waals surface area contributed by atoms with Crippen molar-refractivity contribution in [1.82, 2.24) is 9.80 Å². The van der Waals surface area contributed by atoms with Crippen LogP contribution in [0.2, 0.25) is 0 Å². The number of nitrogens with zero attached hydrogens (tertiary/aromatic N) is 2. The summed E-state index contributed by atoms with van der Waals surface area (Å²) in [5.41, 5.74) is 6.17. The molecular formula is C16H33N3O. The van der Waals surface area contributed by atoms with Gasteiger partial charge in [-0.3, -0.25) is 4.79 Å². The average molecular weight is 283 g/mol. The van der Waals surface area contributed by atoms with E-state index in [1.807, 2.05) is 4.90 Å². The van der Waals surface area contributed by atoms with Crippen LogP contribution in [0.3, 0.4) is 0 Å². The topological polar surface area (TPSA) is 49.6 Å². The first-order valence-corrected chi connectivity index (χ1v) is 8.08. The van der Waals surface area contributed by atoms with Crippen molar-refractivity contribution in [3.63, 3.8) is 0 Å². The van der Waals surface area contributed by atoms with Crippen molar-refractivity contribution < 1.29 is 4.79 Å². The molecule has 0 aromatic carbocycles. The Morgan fingerprint density at radius 3 is 2.40 bits per heavy atom. The van der Waals surface area contributed by atoms with Crippen molar-refractivity contribution >= 4 is 5.91 Å². The summed E-state index contributed by atoms with van der Waals surface area (Å²) in [6.07, 6.45) is 5.30. The lowest BCUT2D eigenvalue weighted by atomic mass is 9.82. The molecule has 1 fully saturated rings. The maximum Gasteiger partial charge on any atom is 0.222 e. The molecule has 2 N–H and O–H groups in total. The maximum absolute atomic E-state index is 12.6. The summed E-state index contributed by atoms with van der Waals surface area (Å²) in [6, 6.07) is 0.224. The van der Waals surface area contributed by atoms with Gasteiger partial charge in [-0.1, -0.05) is 26.7 Å². The van der Waals surface area contributed by atoms with E-state index in [2.05, 4.69) is 32.8 Å². The van der Waals surface area contributed by atoms with Crippen molar-refractivity contribution in [2.24, 2.45) is 17.6 Å². The predicted octanol–water partition coefficient (Wildman–Crippen LogP) is 1.94. The van der Waals surface area contributed by atoms with Gasteiger partial charge in [-0.2, -0.15) is 0 Å². The van der Waals surface area contributed by atoms with E-state index in [1.54, 1.807) is 0 Å². The second-order valence-corrected chi connectivity index (χ2v) is 6.95. The van der Waals surface area contributed by atoms with Crippen LogP contribution in [0, 0.1) is 11.8 Å². The highest BCUT2D eigenvalue weighted by molar-refractivity contribution is 5.76. The largest absolute Gasteiger partial charge is 0.341 e. The predicted molar refractivity (Wildman–Crippen MR) is 84.5 cm³/mol. The van der Waals surface area contributed by atoms with E-state index in [0.717, 1.165) is 32.5 Å². The van der Waals surface area contributed by atoms with Crippen LogP contribution in [0.5, 0.6) is 0 Å². The van der Waals surface area contributed by atoms with Crippen LogP contribution in [0.1, 0.15) is 46.0 Å². The quantitative estimate of drug-likeness (QED) is 0.777. The summed E-state index contributed by atoms with van der Waals surface area (Å²) in [7, 11) is 4.10. The molecule has 0 heterocycles. The Balaban J connectivity index is 2.52. The van der Waals surface area contributed by atoms with Crippen LogP contribution in [0.15, 0.2) is 0 Å². The third-order valence-electron chi connectivity index (χ3n) is 4.16. The monoisotopic (exact) mass is 283 g/mol. The molecule has 0 radical (unpaired) electrons. The molecule has 2 atom stereocenters. The average Bonchev–Trinajstić information content (AvgIpc) is 2.36. The second-order valence-electron chi connectivity index (χ2n) is 6.95. The Hall–Kier alpha value is -0.610. The van der Waals surface area contributed by atoms with Crippen LogP contribution in [0.4, 0.5) is 0 Å². The van der Waals surface area contributed by atoms with Gasteiger partial charge >= 0.3 is 0 Å². The van der Waals surface area contributed by atoms with E-state index in [-0.39, 0.29) is 6.04 Å². The van der Waals surface area contributed by atoms with Crippen molar-refractivity contribution in [3.05, 3.63) is 0 Å². The molecule has 1 rings (SSSR count). The van der Waals surface area contributed by atoms with Crippen molar-refractivity contribution in [3.8, 4) is 0 Å². The Labute approximate surface area is 124 Å². The molecule has 4 nitrogen and oxygen atoms in total. The smallest absolute Gasteiger partial charge is 0.222 e. The minimum Gasteiger partial charge on any atom is -0.341 e. The molecule has 1 amide bonds. The van der Waals surface area contributed by atoms with Gasteiger partial charge in [0.15, 0.2) is 0 Å². The Morgan fingerprint density at radius 2 is 1.85 bits per heavy atom. The van der Waals surface area contributed by atoms with Crippen molar-refractivity contribution in [2.75, 3.05) is 33.7 Å². The van der Waals surface area contributed by atoms with Gasteiger partial charge in [-0.05, 0) is 38.8 Å². The Kier molecular flexibility index (Phi) is 7.52. The lowest BCUT2D eigenvalue weighted by molar-refractivity contribution is -0.133. The van der Waals surface area contributed by atoms with E-state index >= 15 is 0 Å². The van der Waals surface area contributed by atoms with Gasteiger partial charge in [0.25, 0.3) is 0 Å². The summed E-state index contributed by atoms with van der Waals surface area (Å²) < 4.78 is 0. The lowest BCUT2D eigenvalue weighted by Crippen LogP contribution is -2.42. The van der Waals surface area contributed by atoms with E-state index in [4.69, 9.17) is 5.73 Å². The van der Waals surface area contributed by atoms with Crippen LogP contribution >= 0.6 is 0 Å². The zero-order valence-corrected chi connectivity index (χ0v) is 13.8. The zero-order chi connectivity index (χ0) is 15.1. The minimum absolute atomic E-state index is 0.224. The summed E-state index contributed by atoms with van der Waals surface area (Å²) in [4.78, 5) is 16.7. The van der Waals surface area contributed by atoms with Gasteiger partial charge < -0.3 is 15.5 Å². The van der Waals surface area contributed by atoms with E-state index < -0.39 is 0 Å². The SMILES string of the molecule is CC(C)CN(CCN(C)C)C(=O)CC1CCCCC1N. The van der Waals surface area contributed by atoms with Crippen LogP contribution < -0.4 is 5.73 Å². The molecule has 1 aliphatic carbocycles. The number of carbonyl (C=O) groups is 1. The molecule has 0 spiro atoms. The molecule has 0 aromatic heterocycles. The second kappa shape index (κ2) is 8.63. The summed E-state index contributed by atoms with van der Waals surface area (Å²) in [5.74, 6) is 1.20. The zero-order valence-electron chi connectivity index (χ0n) is 13.8. The Bertz CT molecular complexity index is 291. The van der Waals surface area contributed by atoms with Crippen LogP contribution in [-0.4, -0.2) is 55.5 Å². The lowest BCUT2D eigenvalue weighted by Gasteiger charge is -2.32. The summed E-state index contributed by atoms with van der Waals surface area (Å²) in [5, 5.41) is 0. The molecule has 0 aliphatic heterocycles. The summed E-state index contributed by atoms with van der Waals surface area (Å²) >= 11 is 0. The fourth-order valence-electron chi connectivity index (χ4n) is 2.92. The number of amides is 1. The molecular weight excluding hydrogens is 250 g/mol. The van der Waals surface area contributed by atoms with Gasteiger partial charge in [-0.25, -0.2) is 0 Å². The molecule has 1 saturated carbocycles.